The highest BCUT2D eigenvalue weighted by Gasteiger charge is 2.23. The molecule has 1 amide bonds. The average Bonchev–Trinajstić information content (AvgIpc) is 3.52. The molecule has 1 aromatic heterocycles. The molecule has 0 unspecified atom stereocenters. The number of ether oxygens (including phenoxy) is 3. The Bertz CT molecular complexity index is 1120. The summed E-state index contributed by atoms with van der Waals surface area (Å²) >= 11 is 0. The predicted molar refractivity (Wildman–Crippen MR) is 121 cm³/mol. The normalized spacial score (nSPS) is 15.1. The summed E-state index contributed by atoms with van der Waals surface area (Å²) in [5, 5.41) is 8.21. The number of anilines is 1. The van der Waals surface area contributed by atoms with Crippen LogP contribution in [0.1, 0.15) is 19.2 Å². The van der Waals surface area contributed by atoms with Crippen molar-refractivity contribution in [3.63, 3.8) is 0 Å². The van der Waals surface area contributed by atoms with Gasteiger partial charge >= 0.3 is 0 Å². The number of para-hydroxylation sites is 2. The van der Waals surface area contributed by atoms with Gasteiger partial charge in [-0.15, -0.1) is 10.2 Å². The van der Waals surface area contributed by atoms with Gasteiger partial charge in [0, 0.05) is 44.6 Å². The van der Waals surface area contributed by atoms with Gasteiger partial charge in [0.05, 0.1) is 12.3 Å². The van der Waals surface area contributed by atoms with Crippen LogP contribution >= 0.6 is 0 Å². The van der Waals surface area contributed by atoms with Crippen molar-refractivity contribution in [1.82, 2.24) is 15.1 Å². The fraction of sp³-hybridized carbons (Fsp3) is 0.375. The zero-order valence-electron chi connectivity index (χ0n) is 18.5. The van der Waals surface area contributed by atoms with Gasteiger partial charge in [-0.25, -0.2) is 0 Å². The van der Waals surface area contributed by atoms with Crippen LogP contribution in [0.3, 0.4) is 0 Å². The van der Waals surface area contributed by atoms with E-state index in [2.05, 4.69) is 21.2 Å². The lowest BCUT2D eigenvalue weighted by Gasteiger charge is -2.36. The van der Waals surface area contributed by atoms with E-state index < -0.39 is 0 Å². The summed E-state index contributed by atoms with van der Waals surface area (Å²) in [5.74, 6) is 3.18. The van der Waals surface area contributed by atoms with Crippen molar-refractivity contribution in [1.29, 1.82) is 0 Å². The lowest BCUT2D eigenvalue weighted by Crippen LogP contribution is -2.49. The molecule has 0 radical (unpaired) electrons. The Morgan fingerprint density at radius 1 is 1.03 bits per heavy atom. The van der Waals surface area contributed by atoms with Gasteiger partial charge in [0.2, 0.25) is 24.5 Å². The van der Waals surface area contributed by atoms with Gasteiger partial charge < -0.3 is 28.4 Å². The maximum absolute atomic E-state index is 12.8. The number of rotatable bonds is 7. The van der Waals surface area contributed by atoms with E-state index in [0.717, 1.165) is 30.1 Å². The molecule has 0 aliphatic carbocycles. The zero-order chi connectivity index (χ0) is 22.6. The quantitative estimate of drug-likeness (QED) is 0.542. The summed E-state index contributed by atoms with van der Waals surface area (Å²) in [5.41, 5.74) is 1.83. The lowest BCUT2D eigenvalue weighted by molar-refractivity contribution is -0.131. The Kier molecular flexibility index (Phi) is 6.01. The van der Waals surface area contributed by atoms with E-state index in [0.29, 0.717) is 55.8 Å². The number of nitrogens with zero attached hydrogens (tertiary/aromatic N) is 4. The van der Waals surface area contributed by atoms with Crippen molar-refractivity contribution in [3.8, 4) is 28.7 Å². The molecule has 0 N–H and O–H groups in total. The van der Waals surface area contributed by atoms with E-state index in [-0.39, 0.29) is 12.7 Å². The monoisotopic (exact) mass is 450 g/mol. The highest BCUT2D eigenvalue weighted by atomic mass is 16.7. The first-order chi connectivity index (χ1) is 16.2. The Balaban J connectivity index is 1.14. The maximum atomic E-state index is 12.8. The summed E-state index contributed by atoms with van der Waals surface area (Å²) in [6.07, 6.45) is 0.738. The van der Waals surface area contributed by atoms with E-state index in [4.69, 9.17) is 18.6 Å². The molecule has 0 bridgehead atoms. The van der Waals surface area contributed by atoms with Crippen molar-refractivity contribution in [2.45, 2.75) is 19.8 Å². The summed E-state index contributed by atoms with van der Waals surface area (Å²) < 4.78 is 22.2. The number of benzene rings is 2. The van der Waals surface area contributed by atoms with E-state index in [1.165, 1.54) is 0 Å². The van der Waals surface area contributed by atoms with E-state index in [1.54, 1.807) is 0 Å². The molecule has 9 heteroatoms. The van der Waals surface area contributed by atoms with Gasteiger partial charge in [-0.05, 0) is 37.3 Å². The molecule has 1 fully saturated rings. The second-order valence-corrected chi connectivity index (χ2v) is 7.84. The smallest absolute Gasteiger partial charge is 0.247 e. The summed E-state index contributed by atoms with van der Waals surface area (Å²) in [7, 11) is 0. The number of piperazine rings is 1. The van der Waals surface area contributed by atoms with Gasteiger partial charge in [0.25, 0.3) is 0 Å². The number of aromatic nitrogens is 2. The molecule has 2 aliphatic heterocycles. The third-order valence-corrected chi connectivity index (χ3v) is 5.78. The minimum atomic E-state index is 0.0931. The molecule has 2 aliphatic rings. The van der Waals surface area contributed by atoms with Gasteiger partial charge in [-0.2, -0.15) is 0 Å². The van der Waals surface area contributed by atoms with E-state index in [1.807, 2.05) is 48.2 Å². The topological polar surface area (TPSA) is 90.2 Å². The van der Waals surface area contributed by atoms with Crippen LogP contribution in [0, 0.1) is 0 Å². The third kappa shape index (κ3) is 4.57. The molecule has 0 spiro atoms. The largest absolute Gasteiger partial charge is 0.492 e. The van der Waals surface area contributed by atoms with Crippen molar-refractivity contribution in [3.05, 3.63) is 48.4 Å². The SMILES string of the molecule is CCOc1ccccc1N1CCN(C(=O)CCc2nnc(-c3ccc4c(c3)OCO4)o2)CC1. The van der Waals surface area contributed by atoms with Crippen molar-refractivity contribution in [2.75, 3.05) is 44.5 Å². The van der Waals surface area contributed by atoms with E-state index in [9.17, 15) is 4.79 Å². The molecular weight excluding hydrogens is 424 g/mol. The molecule has 9 nitrogen and oxygen atoms in total. The first-order valence-electron chi connectivity index (χ1n) is 11.2. The van der Waals surface area contributed by atoms with Crippen molar-refractivity contribution >= 4 is 11.6 Å². The minimum absolute atomic E-state index is 0.0931. The van der Waals surface area contributed by atoms with Crippen LogP contribution in [-0.2, 0) is 11.2 Å². The van der Waals surface area contributed by atoms with Gasteiger partial charge in [-0.3, -0.25) is 4.79 Å². The number of carbonyl (C=O) groups is 1. The standard InChI is InChI=1S/C24H26N4O5/c1-2-30-19-6-4-3-5-18(19)27-11-13-28(14-12-27)23(29)10-9-22-25-26-24(33-22)17-7-8-20-21(15-17)32-16-31-20/h3-8,15H,2,9-14,16H2,1H3. The first kappa shape index (κ1) is 21.1. The number of hydrogen-bond donors (Lipinski definition) is 0. The Hall–Kier alpha value is -3.75. The van der Waals surface area contributed by atoms with E-state index >= 15 is 0 Å². The highest BCUT2D eigenvalue weighted by Crippen LogP contribution is 2.35. The van der Waals surface area contributed by atoms with Gasteiger partial charge in [0.15, 0.2) is 11.5 Å². The third-order valence-electron chi connectivity index (χ3n) is 5.78. The molecule has 1 saturated heterocycles. The molecule has 3 heterocycles. The Labute approximate surface area is 191 Å². The molecule has 33 heavy (non-hydrogen) atoms. The molecular formula is C24H26N4O5. The van der Waals surface area contributed by atoms with Gasteiger partial charge in [0.1, 0.15) is 5.75 Å². The predicted octanol–water partition coefficient (Wildman–Crippen LogP) is 3.15. The van der Waals surface area contributed by atoms with Crippen LogP contribution in [0.5, 0.6) is 17.2 Å². The number of fused-ring (bicyclic) bond motifs is 1. The second kappa shape index (κ2) is 9.40. The molecule has 0 saturated carbocycles. The molecule has 3 aromatic rings. The molecule has 172 valence electrons. The number of carbonyl (C=O) groups excluding carboxylic acids is 1. The average molecular weight is 450 g/mol. The van der Waals surface area contributed by atoms with Crippen LogP contribution in [0.2, 0.25) is 0 Å². The number of hydrogen-bond acceptors (Lipinski definition) is 8. The molecule has 2 aromatic carbocycles. The second-order valence-electron chi connectivity index (χ2n) is 7.84. The summed E-state index contributed by atoms with van der Waals surface area (Å²) in [4.78, 5) is 16.9. The van der Waals surface area contributed by atoms with Crippen LogP contribution in [0.25, 0.3) is 11.5 Å². The number of amides is 1. The van der Waals surface area contributed by atoms with Crippen LogP contribution < -0.4 is 19.1 Å². The highest BCUT2D eigenvalue weighted by molar-refractivity contribution is 5.76. The van der Waals surface area contributed by atoms with Crippen molar-refractivity contribution in [2.24, 2.45) is 0 Å². The van der Waals surface area contributed by atoms with Gasteiger partial charge in [-0.1, -0.05) is 12.1 Å². The number of aryl methyl sites for hydroxylation is 1. The fourth-order valence-electron chi connectivity index (χ4n) is 4.07. The zero-order valence-corrected chi connectivity index (χ0v) is 18.5. The molecule has 0 atom stereocenters. The molecule has 5 rings (SSSR count). The lowest BCUT2D eigenvalue weighted by atomic mass is 10.2. The fourth-order valence-corrected chi connectivity index (χ4v) is 4.07. The maximum Gasteiger partial charge on any atom is 0.247 e. The van der Waals surface area contributed by atoms with Crippen molar-refractivity contribution < 1.29 is 23.4 Å². The van der Waals surface area contributed by atoms with Crippen LogP contribution in [-0.4, -0.2) is 60.6 Å². The van der Waals surface area contributed by atoms with Crippen LogP contribution in [0.4, 0.5) is 5.69 Å². The Morgan fingerprint density at radius 3 is 2.70 bits per heavy atom. The summed E-state index contributed by atoms with van der Waals surface area (Å²) in [6.45, 7) is 5.70. The minimum Gasteiger partial charge on any atom is -0.492 e. The summed E-state index contributed by atoms with van der Waals surface area (Å²) in [6, 6.07) is 13.5. The first-order valence-corrected chi connectivity index (χ1v) is 11.2. The van der Waals surface area contributed by atoms with Crippen LogP contribution in [0.15, 0.2) is 46.9 Å². The Morgan fingerprint density at radius 2 is 1.85 bits per heavy atom.